The Hall–Kier alpha value is -2.75. The number of hydrogen-bond donors (Lipinski definition) is 0. The van der Waals surface area contributed by atoms with E-state index in [9.17, 15) is 4.79 Å². The van der Waals surface area contributed by atoms with Gasteiger partial charge in [0.2, 0.25) is 0 Å². The summed E-state index contributed by atoms with van der Waals surface area (Å²) in [6.45, 7) is 0.329. The van der Waals surface area contributed by atoms with Crippen LogP contribution in [0, 0.1) is 0 Å². The highest BCUT2D eigenvalue weighted by Crippen LogP contribution is 2.36. The average Bonchev–Trinajstić information content (AvgIpc) is 2.98. The lowest BCUT2D eigenvalue weighted by atomic mass is 9.95. The van der Waals surface area contributed by atoms with E-state index in [0.717, 1.165) is 37.0 Å². The number of rotatable bonds is 5. The van der Waals surface area contributed by atoms with Crippen LogP contribution in [0.3, 0.4) is 0 Å². The smallest absolute Gasteiger partial charge is 0.410 e. The van der Waals surface area contributed by atoms with Crippen molar-refractivity contribution in [2.45, 2.75) is 44.4 Å². The Morgan fingerprint density at radius 2 is 1.89 bits per heavy atom. The van der Waals surface area contributed by atoms with Crippen molar-refractivity contribution >= 4 is 6.09 Å². The standard InChI is InChI=1S/C23H25NO3/c1-26-22-9-5-8-18(15-22)12-19-13-20-10-11-21(14-19)24(20)23(25)27-16-17-6-3-2-4-7-17/h2-9,13,15,20-21H,10-12,14,16H2,1H3. The Balaban J connectivity index is 1.40. The molecule has 1 amide bonds. The van der Waals surface area contributed by atoms with E-state index in [1.54, 1.807) is 7.11 Å². The van der Waals surface area contributed by atoms with Gasteiger partial charge in [0.1, 0.15) is 12.4 Å². The van der Waals surface area contributed by atoms with Gasteiger partial charge in [-0.15, -0.1) is 0 Å². The molecule has 2 aromatic carbocycles. The lowest BCUT2D eigenvalue weighted by Gasteiger charge is -2.33. The number of ether oxygens (including phenoxy) is 2. The molecule has 2 aromatic rings. The fraction of sp³-hybridized carbons (Fsp3) is 0.348. The van der Waals surface area contributed by atoms with Crippen LogP contribution in [0.25, 0.3) is 0 Å². The highest BCUT2D eigenvalue weighted by molar-refractivity contribution is 5.70. The fourth-order valence-electron chi connectivity index (χ4n) is 4.17. The first-order valence-electron chi connectivity index (χ1n) is 9.54. The van der Waals surface area contributed by atoms with Gasteiger partial charge in [0.05, 0.1) is 13.2 Å². The van der Waals surface area contributed by atoms with Gasteiger partial charge in [-0.3, -0.25) is 4.90 Å². The largest absolute Gasteiger partial charge is 0.497 e. The third kappa shape index (κ3) is 4.00. The van der Waals surface area contributed by atoms with Crippen LogP contribution in [0.5, 0.6) is 5.75 Å². The Kier molecular flexibility index (Phi) is 5.14. The van der Waals surface area contributed by atoms with Crippen molar-refractivity contribution in [1.82, 2.24) is 4.90 Å². The Bertz CT molecular complexity index is 831. The molecule has 2 heterocycles. The van der Waals surface area contributed by atoms with Crippen LogP contribution < -0.4 is 4.74 Å². The first-order valence-corrected chi connectivity index (χ1v) is 9.54. The number of methoxy groups -OCH3 is 1. The maximum absolute atomic E-state index is 12.6. The van der Waals surface area contributed by atoms with Crippen LogP contribution in [-0.2, 0) is 17.8 Å². The maximum Gasteiger partial charge on any atom is 0.410 e. The zero-order valence-corrected chi connectivity index (χ0v) is 15.6. The van der Waals surface area contributed by atoms with Gasteiger partial charge >= 0.3 is 6.09 Å². The minimum Gasteiger partial charge on any atom is -0.497 e. The highest BCUT2D eigenvalue weighted by atomic mass is 16.6. The van der Waals surface area contributed by atoms with Crippen LogP contribution in [0.15, 0.2) is 66.2 Å². The molecule has 2 aliphatic rings. The molecule has 140 valence electrons. The van der Waals surface area contributed by atoms with E-state index in [4.69, 9.17) is 9.47 Å². The Morgan fingerprint density at radius 1 is 1.07 bits per heavy atom. The quantitative estimate of drug-likeness (QED) is 0.721. The predicted octanol–water partition coefficient (Wildman–Crippen LogP) is 4.74. The summed E-state index contributed by atoms with van der Waals surface area (Å²) in [5, 5.41) is 0. The second-order valence-corrected chi connectivity index (χ2v) is 7.30. The van der Waals surface area contributed by atoms with Gasteiger partial charge in [-0.2, -0.15) is 0 Å². The van der Waals surface area contributed by atoms with Gasteiger partial charge in [-0.25, -0.2) is 4.79 Å². The minimum absolute atomic E-state index is 0.160. The van der Waals surface area contributed by atoms with Crippen molar-refractivity contribution in [1.29, 1.82) is 0 Å². The van der Waals surface area contributed by atoms with E-state index < -0.39 is 0 Å². The second kappa shape index (κ2) is 7.87. The van der Waals surface area contributed by atoms with Crippen molar-refractivity contribution in [3.8, 4) is 5.75 Å². The van der Waals surface area contributed by atoms with Crippen molar-refractivity contribution in [2.75, 3.05) is 7.11 Å². The van der Waals surface area contributed by atoms with E-state index in [2.05, 4.69) is 18.2 Å². The first kappa shape index (κ1) is 17.7. The van der Waals surface area contributed by atoms with Gasteiger partial charge in [-0.05, 0) is 48.9 Å². The zero-order valence-electron chi connectivity index (χ0n) is 15.6. The molecule has 0 aromatic heterocycles. The molecule has 2 atom stereocenters. The third-order valence-corrected chi connectivity index (χ3v) is 5.45. The number of fused-ring (bicyclic) bond motifs is 2. The highest BCUT2D eigenvalue weighted by Gasteiger charge is 2.40. The lowest BCUT2D eigenvalue weighted by Crippen LogP contribution is -2.43. The van der Waals surface area contributed by atoms with Gasteiger partial charge in [0.15, 0.2) is 0 Å². The van der Waals surface area contributed by atoms with Crippen LogP contribution in [0.2, 0.25) is 0 Å². The van der Waals surface area contributed by atoms with Gasteiger partial charge in [-0.1, -0.05) is 54.1 Å². The van der Waals surface area contributed by atoms with Crippen LogP contribution >= 0.6 is 0 Å². The maximum atomic E-state index is 12.6. The average molecular weight is 363 g/mol. The SMILES string of the molecule is COc1cccc(CC2=CC3CCC(C2)N3C(=O)OCc2ccccc2)c1. The topological polar surface area (TPSA) is 38.8 Å². The van der Waals surface area contributed by atoms with Crippen molar-refractivity contribution in [2.24, 2.45) is 0 Å². The molecule has 2 bridgehead atoms. The molecule has 0 radical (unpaired) electrons. The summed E-state index contributed by atoms with van der Waals surface area (Å²) in [5.41, 5.74) is 3.67. The number of nitrogens with zero attached hydrogens (tertiary/aromatic N) is 1. The number of hydrogen-bond acceptors (Lipinski definition) is 3. The van der Waals surface area contributed by atoms with E-state index in [-0.39, 0.29) is 18.2 Å². The molecule has 4 rings (SSSR count). The summed E-state index contributed by atoms with van der Waals surface area (Å²) >= 11 is 0. The Labute approximate surface area is 160 Å². The molecule has 4 nitrogen and oxygen atoms in total. The second-order valence-electron chi connectivity index (χ2n) is 7.30. The summed E-state index contributed by atoms with van der Waals surface area (Å²) < 4.78 is 10.9. The van der Waals surface area contributed by atoms with Crippen LogP contribution in [0.1, 0.15) is 30.4 Å². The van der Waals surface area contributed by atoms with Gasteiger partial charge in [0, 0.05) is 6.04 Å². The summed E-state index contributed by atoms with van der Waals surface area (Å²) in [6.07, 6.45) is 5.98. The summed E-state index contributed by atoms with van der Waals surface area (Å²) in [5.74, 6) is 0.887. The summed E-state index contributed by atoms with van der Waals surface area (Å²) in [7, 11) is 1.69. The molecule has 0 spiro atoms. The number of carbonyl (C=O) groups excluding carboxylic acids is 1. The molecular weight excluding hydrogens is 338 g/mol. The molecule has 2 unspecified atom stereocenters. The molecule has 4 heteroatoms. The normalized spacial score (nSPS) is 20.9. The lowest BCUT2D eigenvalue weighted by molar-refractivity contribution is 0.0816. The van der Waals surface area contributed by atoms with Gasteiger partial charge in [0.25, 0.3) is 0 Å². The molecule has 0 saturated carbocycles. The van der Waals surface area contributed by atoms with Crippen LogP contribution in [0.4, 0.5) is 4.79 Å². The van der Waals surface area contributed by atoms with Crippen LogP contribution in [-0.4, -0.2) is 30.2 Å². The van der Waals surface area contributed by atoms with E-state index in [1.165, 1.54) is 11.1 Å². The molecule has 0 aliphatic carbocycles. The number of carbonyl (C=O) groups is 1. The van der Waals surface area contributed by atoms with E-state index in [1.807, 2.05) is 47.4 Å². The summed E-state index contributed by atoms with van der Waals surface area (Å²) in [6, 6.07) is 18.5. The number of benzene rings is 2. The molecule has 1 saturated heterocycles. The van der Waals surface area contributed by atoms with Crippen molar-refractivity contribution in [3.63, 3.8) is 0 Å². The molecule has 2 aliphatic heterocycles. The predicted molar refractivity (Wildman–Crippen MR) is 105 cm³/mol. The monoisotopic (exact) mass is 363 g/mol. The van der Waals surface area contributed by atoms with E-state index >= 15 is 0 Å². The number of amides is 1. The first-order chi connectivity index (χ1) is 13.2. The van der Waals surface area contributed by atoms with Crippen molar-refractivity contribution < 1.29 is 14.3 Å². The molecule has 27 heavy (non-hydrogen) atoms. The Morgan fingerprint density at radius 3 is 2.67 bits per heavy atom. The minimum atomic E-state index is -0.192. The fourth-order valence-corrected chi connectivity index (χ4v) is 4.17. The van der Waals surface area contributed by atoms with Crippen molar-refractivity contribution in [3.05, 3.63) is 77.4 Å². The molecule has 1 fully saturated rings. The zero-order chi connectivity index (χ0) is 18.6. The van der Waals surface area contributed by atoms with E-state index in [0.29, 0.717) is 6.61 Å². The molecule has 0 N–H and O–H groups in total. The third-order valence-electron chi connectivity index (χ3n) is 5.45. The summed E-state index contributed by atoms with van der Waals surface area (Å²) in [4.78, 5) is 14.6. The van der Waals surface area contributed by atoms with Gasteiger partial charge < -0.3 is 9.47 Å². The molecular formula is C23H25NO3.